The van der Waals surface area contributed by atoms with E-state index in [4.69, 9.17) is 16.3 Å². The van der Waals surface area contributed by atoms with Gasteiger partial charge in [0, 0.05) is 11.6 Å². The monoisotopic (exact) mass is 268 g/mol. The molecule has 0 bridgehead atoms. The van der Waals surface area contributed by atoms with Crippen molar-refractivity contribution in [3.05, 3.63) is 64.2 Å². The molecule has 0 heterocycles. The highest BCUT2D eigenvalue weighted by Crippen LogP contribution is 2.23. The lowest BCUT2D eigenvalue weighted by Crippen LogP contribution is -1.98. The van der Waals surface area contributed by atoms with E-state index >= 15 is 0 Å². The van der Waals surface area contributed by atoms with Gasteiger partial charge in [0.05, 0.1) is 5.02 Å². The zero-order chi connectivity index (χ0) is 13.1. The van der Waals surface area contributed by atoms with Gasteiger partial charge in [-0.3, -0.25) is 0 Å². The summed E-state index contributed by atoms with van der Waals surface area (Å²) < 4.78 is 31.4. The van der Waals surface area contributed by atoms with E-state index in [0.717, 1.165) is 5.56 Å². The van der Waals surface area contributed by atoms with Crippen LogP contribution in [0.2, 0.25) is 5.02 Å². The third kappa shape index (κ3) is 2.99. The Hall–Kier alpha value is -1.61. The summed E-state index contributed by atoms with van der Waals surface area (Å²) in [5.41, 5.74) is 1.48. The molecule has 2 rings (SSSR count). The molecule has 0 aromatic heterocycles. The van der Waals surface area contributed by atoms with Crippen LogP contribution in [0.15, 0.2) is 36.4 Å². The van der Waals surface area contributed by atoms with Crippen molar-refractivity contribution in [2.24, 2.45) is 0 Å². The maximum Gasteiger partial charge on any atom is 0.126 e. The second-order valence-corrected chi connectivity index (χ2v) is 4.34. The third-order valence-electron chi connectivity index (χ3n) is 2.55. The highest BCUT2D eigenvalue weighted by molar-refractivity contribution is 6.31. The normalized spacial score (nSPS) is 10.4. The number of aryl methyl sites for hydroxylation is 1. The molecule has 0 unspecified atom stereocenters. The van der Waals surface area contributed by atoms with E-state index in [1.165, 1.54) is 24.3 Å². The van der Waals surface area contributed by atoms with Crippen molar-refractivity contribution in [2.75, 3.05) is 0 Å². The van der Waals surface area contributed by atoms with Crippen molar-refractivity contribution in [1.29, 1.82) is 0 Å². The van der Waals surface area contributed by atoms with Crippen LogP contribution in [0.3, 0.4) is 0 Å². The standard InChI is InChI=1S/C14H11ClF2O/c1-9-2-4-12(17)7-14(9)18-8-10-3-5-11(16)6-13(10)15/h2-7H,8H2,1H3. The van der Waals surface area contributed by atoms with Crippen LogP contribution in [-0.2, 0) is 6.61 Å². The second-order valence-electron chi connectivity index (χ2n) is 3.93. The van der Waals surface area contributed by atoms with E-state index in [-0.39, 0.29) is 12.4 Å². The van der Waals surface area contributed by atoms with Gasteiger partial charge in [0.2, 0.25) is 0 Å². The summed E-state index contributed by atoms with van der Waals surface area (Å²) in [6.07, 6.45) is 0. The maximum atomic E-state index is 13.0. The van der Waals surface area contributed by atoms with Crippen molar-refractivity contribution in [3.63, 3.8) is 0 Å². The SMILES string of the molecule is Cc1ccc(F)cc1OCc1ccc(F)cc1Cl. The van der Waals surface area contributed by atoms with Gasteiger partial charge in [0.1, 0.15) is 24.0 Å². The second kappa shape index (κ2) is 5.36. The van der Waals surface area contributed by atoms with Crippen molar-refractivity contribution >= 4 is 11.6 Å². The van der Waals surface area contributed by atoms with E-state index < -0.39 is 5.82 Å². The topological polar surface area (TPSA) is 9.23 Å². The lowest BCUT2D eigenvalue weighted by Gasteiger charge is -2.10. The van der Waals surface area contributed by atoms with Crippen LogP contribution in [0, 0.1) is 18.6 Å². The number of hydrogen-bond acceptors (Lipinski definition) is 1. The number of rotatable bonds is 3. The Bertz CT molecular complexity index is 570. The van der Waals surface area contributed by atoms with Crippen LogP contribution in [0.4, 0.5) is 8.78 Å². The number of benzene rings is 2. The van der Waals surface area contributed by atoms with Crippen LogP contribution in [0.1, 0.15) is 11.1 Å². The van der Waals surface area contributed by atoms with Crippen LogP contribution >= 0.6 is 11.6 Å². The molecular weight excluding hydrogens is 258 g/mol. The van der Waals surface area contributed by atoms with E-state index in [0.29, 0.717) is 16.3 Å². The Morgan fingerprint density at radius 3 is 2.44 bits per heavy atom. The molecule has 0 N–H and O–H groups in total. The summed E-state index contributed by atoms with van der Waals surface area (Å²) in [7, 11) is 0. The summed E-state index contributed by atoms with van der Waals surface area (Å²) in [4.78, 5) is 0. The highest BCUT2D eigenvalue weighted by atomic mass is 35.5. The largest absolute Gasteiger partial charge is 0.488 e. The quantitative estimate of drug-likeness (QED) is 0.796. The Balaban J connectivity index is 2.13. The first-order valence-electron chi connectivity index (χ1n) is 5.39. The minimum atomic E-state index is -0.398. The van der Waals surface area contributed by atoms with Gasteiger partial charge in [-0.2, -0.15) is 0 Å². The fraction of sp³-hybridized carbons (Fsp3) is 0.143. The van der Waals surface area contributed by atoms with Crippen molar-refractivity contribution < 1.29 is 13.5 Å². The molecule has 18 heavy (non-hydrogen) atoms. The predicted octanol–water partition coefficient (Wildman–Crippen LogP) is 4.51. The molecule has 0 fully saturated rings. The first kappa shape index (κ1) is 12.8. The minimum absolute atomic E-state index is 0.170. The zero-order valence-corrected chi connectivity index (χ0v) is 10.5. The number of ether oxygens (including phenoxy) is 1. The highest BCUT2D eigenvalue weighted by Gasteiger charge is 2.05. The molecule has 0 saturated carbocycles. The average molecular weight is 269 g/mol. The summed E-state index contributed by atoms with van der Waals surface area (Å²) in [5, 5.41) is 0.295. The molecule has 0 aliphatic heterocycles. The van der Waals surface area contributed by atoms with Gasteiger partial charge in [-0.05, 0) is 30.7 Å². The Morgan fingerprint density at radius 1 is 1.06 bits per heavy atom. The molecule has 0 atom stereocenters. The van der Waals surface area contributed by atoms with E-state index in [1.807, 2.05) is 6.92 Å². The molecule has 0 aliphatic rings. The van der Waals surface area contributed by atoms with Gasteiger partial charge in [-0.15, -0.1) is 0 Å². The van der Waals surface area contributed by atoms with Gasteiger partial charge >= 0.3 is 0 Å². The average Bonchev–Trinajstić information content (AvgIpc) is 2.32. The fourth-order valence-electron chi connectivity index (χ4n) is 1.52. The van der Waals surface area contributed by atoms with Gasteiger partial charge in [0.15, 0.2) is 0 Å². The molecule has 0 saturated heterocycles. The van der Waals surface area contributed by atoms with Crippen molar-refractivity contribution in [1.82, 2.24) is 0 Å². The predicted molar refractivity (Wildman–Crippen MR) is 66.9 cm³/mol. The minimum Gasteiger partial charge on any atom is -0.488 e. The molecule has 0 spiro atoms. The van der Waals surface area contributed by atoms with Gasteiger partial charge in [-0.25, -0.2) is 8.78 Å². The van der Waals surface area contributed by atoms with Gasteiger partial charge in [0.25, 0.3) is 0 Å². The number of halogens is 3. The zero-order valence-electron chi connectivity index (χ0n) is 9.71. The first-order valence-corrected chi connectivity index (χ1v) is 5.77. The van der Waals surface area contributed by atoms with Crippen LogP contribution in [-0.4, -0.2) is 0 Å². The Labute approximate surface area is 109 Å². The molecular formula is C14H11ClF2O. The summed E-state index contributed by atoms with van der Waals surface area (Å²) in [6, 6.07) is 8.39. The maximum absolute atomic E-state index is 13.0. The lowest BCUT2D eigenvalue weighted by atomic mass is 10.2. The molecule has 0 radical (unpaired) electrons. The van der Waals surface area contributed by atoms with E-state index in [1.54, 1.807) is 12.1 Å². The molecule has 94 valence electrons. The smallest absolute Gasteiger partial charge is 0.126 e. The molecule has 4 heteroatoms. The fourth-order valence-corrected chi connectivity index (χ4v) is 1.75. The van der Waals surface area contributed by atoms with Crippen LogP contribution in [0.5, 0.6) is 5.75 Å². The van der Waals surface area contributed by atoms with Crippen LogP contribution < -0.4 is 4.74 Å². The van der Waals surface area contributed by atoms with Crippen LogP contribution in [0.25, 0.3) is 0 Å². The Morgan fingerprint density at radius 2 is 1.72 bits per heavy atom. The van der Waals surface area contributed by atoms with E-state index in [2.05, 4.69) is 0 Å². The molecule has 0 amide bonds. The van der Waals surface area contributed by atoms with Gasteiger partial charge in [-0.1, -0.05) is 23.7 Å². The summed E-state index contributed by atoms with van der Waals surface area (Å²) >= 11 is 5.87. The first-order chi connectivity index (χ1) is 8.56. The van der Waals surface area contributed by atoms with Crippen molar-refractivity contribution in [3.8, 4) is 5.75 Å². The Kier molecular flexibility index (Phi) is 3.82. The van der Waals surface area contributed by atoms with E-state index in [9.17, 15) is 8.78 Å². The lowest BCUT2D eigenvalue weighted by molar-refractivity contribution is 0.302. The molecule has 2 aromatic rings. The molecule has 0 aliphatic carbocycles. The van der Waals surface area contributed by atoms with Crippen molar-refractivity contribution in [2.45, 2.75) is 13.5 Å². The molecule has 1 nitrogen and oxygen atoms in total. The molecule has 2 aromatic carbocycles. The summed E-state index contributed by atoms with van der Waals surface area (Å²) in [6.45, 7) is 1.99. The summed E-state index contributed by atoms with van der Waals surface area (Å²) in [5.74, 6) is -0.304. The third-order valence-corrected chi connectivity index (χ3v) is 2.90. The van der Waals surface area contributed by atoms with Gasteiger partial charge < -0.3 is 4.74 Å². The number of hydrogen-bond donors (Lipinski definition) is 0.